The van der Waals surface area contributed by atoms with Gasteiger partial charge in [-0.05, 0) is 38.1 Å². The highest BCUT2D eigenvalue weighted by Crippen LogP contribution is 2.45. The molecule has 2 nitrogen and oxygen atoms in total. The van der Waals surface area contributed by atoms with Crippen molar-refractivity contribution in [1.29, 1.82) is 0 Å². The molecule has 3 rings (SSSR count). The van der Waals surface area contributed by atoms with Crippen LogP contribution in [0.1, 0.15) is 18.4 Å². The lowest BCUT2D eigenvalue weighted by atomic mass is 9.75. The van der Waals surface area contributed by atoms with Crippen LogP contribution < -0.4 is 5.32 Å². The monoisotopic (exact) mass is 264 g/mol. The molecular weight excluding hydrogens is 252 g/mol. The van der Waals surface area contributed by atoms with Crippen molar-refractivity contribution in [1.82, 2.24) is 5.32 Å². The molecule has 3 heteroatoms. The first kappa shape index (κ1) is 9.55. The number of hydrogen-bond donors (Lipinski definition) is 1. The fourth-order valence-corrected chi connectivity index (χ4v) is 3.37. The lowest BCUT2D eigenvalue weighted by Crippen LogP contribution is -2.39. The zero-order valence-corrected chi connectivity index (χ0v) is 10.0. The van der Waals surface area contributed by atoms with Gasteiger partial charge in [-0.3, -0.25) is 4.99 Å². The average molecular weight is 265 g/mol. The topological polar surface area (TPSA) is 24.4 Å². The quantitative estimate of drug-likeness (QED) is 0.766. The van der Waals surface area contributed by atoms with Gasteiger partial charge in [0.2, 0.25) is 0 Å². The Balaban J connectivity index is 2.13. The van der Waals surface area contributed by atoms with E-state index in [1.165, 1.54) is 10.0 Å². The van der Waals surface area contributed by atoms with Gasteiger partial charge in [-0.1, -0.05) is 22.0 Å². The molecule has 2 heterocycles. The number of hydrogen-bond acceptors (Lipinski definition) is 2. The van der Waals surface area contributed by atoms with Crippen LogP contribution in [0.25, 0.3) is 0 Å². The molecule has 78 valence electrons. The first-order chi connectivity index (χ1) is 7.32. The molecule has 0 bridgehead atoms. The molecule has 0 unspecified atom stereocenters. The van der Waals surface area contributed by atoms with Gasteiger partial charge in [0.15, 0.2) is 0 Å². The average Bonchev–Trinajstić information content (AvgIpc) is 2.60. The minimum absolute atomic E-state index is 0.195. The van der Waals surface area contributed by atoms with E-state index in [9.17, 15) is 0 Å². The Morgan fingerprint density at radius 3 is 2.87 bits per heavy atom. The maximum absolute atomic E-state index is 4.55. The second-order valence-electron chi connectivity index (χ2n) is 4.30. The summed E-state index contributed by atoms with van der Waals surface area (Å²) >= 11 is 3.66. The van der Waals surface area contributed by atoms with Gasteiger partial charge in [0, 0.05) is 21.7 Å². The summed E-state index contributed by atoms with van der Waals surface area (Å²) in [5.74, 6) is 0. The third-order valence-electron chi connectivity index (χ3n) is 3.44. The summed E-state index contributed by atoms with van der Waals surface area (Å²) in [7, 11) is 0. The molecule has 0 saturated carbocycles. The lowest BCUT2D eigenvalue weighted by Gasteiger charge is -2.32. The van der Waals surface area contributed by atoms with Crippen LogP contribution in [0.5, 0.6) is 0 Å². The summed E-state index contributed by atoms with van der Waals surface area (Å²) in [4.78, 5) is 4.55. The zero-order valence-electron chi connectivity index (χ0n) is 8.46. The van der Waals surface area contributed by atoms with Crippen molar-refractivity contribution in [2.45, 2.75) is 18.3 Å². The second kappa shape index (κ2) is 3.42. The first-order valence-electron chi connectivity index (χ1n) is 5.37. The van der Waals surface area contributed by atoms with E-state index in [1.807, 2.05) is 0 Å². The summed E-state index contributed by atoms with van der Waals surface area (Å²) in [6.45, 7) is 2.18. The molecule has 0 aliphatic carbocycles. The van der Waals surface area contributed by atoms with Crippen LogP contribution in [-0.4, -0.2) is 19.3 Å². The number of piperidine rings is 1. The van der Waals surface area contributed by atoms with Crippen molar-refractivity contribution < 1.29 is 0 Å². The SMILES string of the molecule is Brc1cccc2c1C1(C=N2)CCNCC1. The lowest BCUT2D eigenvalue weighted by molar-refractivity contribution is 0.407. The van der Waals surface area contributed by atoms with Crippen molar-refractivity contribution in [2.24, 2.45) is 4.99 Å². The van der Waals surface area contributed by atoms with Crippen LogP contribution in [0.2, 0.25) is 0 Å². The zero-order chi connectivity index (χ0) is 10.3. The number of nitrogens with zero attached hydrogens (tertiary/aromatic N) is 1. The molecule has 1 fully saturated rings. The number of benzene rings is 1. The maximum Gasteiger partial charge on any atom is 0.0678 e. The number of aliphatic imine (C=N–C) groups is 1. The van der Waals surface area contributed by atoms with Gasteiger partial charge < -0.3 is 5.32 Å². The van der Waals surface area contributed by atoms with E-state index in [2.05, 4.69) is 50.7 Å². The van der Waals surface area contributed by atoms with Crippen LogP contribution in [0.4, 0.5) is 5.69 Å². The molecule has 1 aromatic carbocycles. The highest BCUT2D eigenvalue weighted by Gasteiger charge is 2.38. The van der Waals surface area contributed by atoms with E-state index in [0.29, 0.717) is 0 Å². The predicted octanol–water partition coefficient (Wildman–Crippen LogP) is 2.79. The van der Waals surface area contributed by atoms with E-state index in [0.717, 1.165) is 31.6 Å². The standard InChI is InChI=1S/C12H13BrN2/c13-9-2-1-3-10-11(9)12(8-15-10)4-6-14-7-5-12/h1-3,8,14H,4-7H2. The Kier molecular flexibility index (Phi) is 2.18. The van der Waals surface area contributed by atoms with E-state index in [4.69, 9.17) is 0 Å². The van der Waals surface area contributed by atoms with Gasteiger partial charge in [-0.2, -0.15) is 0 Å². The highest BCUT2D eigenvalue weighted by molar-refractivity contribution is 9.10. The molecule has 2 aliphatic rings. The summed E-state index contributed by atoms with van der Waals surface area (Å²) < 4.78 is 1.21. The van der Waals surface area contributed by atoms with Crippen LogP contribution >= 0.6 is 15.9 Å². The molecule has 1 spiro atoms. The van der Waals surface area contributed by atoms with E-state index in [1.54, 1.807) is 0 Å². The molecule has 1 aromatic rings. The van der Waals surface area contributed by atoms with Gasteiger partial charge in [0.25, 0.3) is 0 Å². The number of halogens is 1. The predicted molar refractivity (Wildman–Crippen MR) is 66.1 cm³/mol. The van der Waals surface area contributed by atoms with Gasteiger partial charge >= 0.3 is 0 Å². The summed E-state index contributed by atoms with van der Waals surface area (Å²) in [5, 5.41) is 3.41. The van der Waals surface area contributed by atoms with Crippen LogP contribution in [0.3, 0.4) is 0 Å². The normalized spacial score (nSPS) is 21.9. The fraction of sp³-hybridized carbons (Fsp3) is 0.417. The molecule has 1 saturated heterocycles. The van der Waals surface area contributed by atoms with E-state index in [-0.39, 0.29) is 5.41 Å². The largest absolute Gasteiger partial charge is 0.317 e. The molecule has 2 aliphatic heterocycles. The van der Waals surface area contributed by atoms with Crippen LogP contribution in [0.15, 0.2) is 27.7 Å². The smallest absolute Gasteiger partial charge is 0.0678 e. The van der Waals surface area contributed by atoms with Crippen LogP contribution in [-0.2, 0) is 5.41 Å². The van der Waals surface area contributed by atoms with Crippen molar-refractivity contribution in [3.05, 3.63) is 28.2 Å². The second-order valence-corrected chi connectivity index (χ2v) is 5.15. The molecule has 0 amide bonds. The van der Waals surface area contributed by atoms with Gasteiger partial charge in [-0.25, -0.2) is 0 Å². The highest BCUT2D eigenvalue weighted by atomic mass is 79.9. The minimum atomic E-state index is 0.195. The van der Waals surface area contributed by atoms with Crippen LogP contribution in [0, 0.1) is 0 Å². The Morgan fingerprint density at radius 1 is 1.27 bits per heavy atom. The number of nitrogens with one attached hydrogen (secondary N) is 1. The van der Waals surface area contributed by atoms with Crippen molar-refractivity contribution in [2.75, 3.05) is 13.1 Å². The summed E-state index contributed by atoms with van der Waals surface area (Å²) in [5.41, 5.74) is 2.73. The Labute approximate surface area is 97.9 Å². The number of fused-ring (bicyclic) bond motifs is 2. The molecule has 0 aromatic heterocycles. The van der Waals surface area contributed by atoms with Crippen molar-refractivity contribution in [3.63, 3.8) is 0 Å². The molecule has 0 radical (unpaired) electrons. The molecular formula is C12H13BrN2. The Hall–Kier alpha value is -0.670. The Morgan fingerprint density at radius 2 is 2.07 bits per heavy atom. The van der Waals surface area contributed by atoms with Gasteiger partial charge in [0.1, 0.15) is 0 Å². The molecule has 15 heavy (non-hydrogen) atoms. The maximum atomic E-state index is 4.55. The third-order valence-corrected chi connectivity index (χ3v) is 4.10. The number of rotatable bonds is 0. The van der Waals surface area contributed by atoms with Crippen molar-refractivity contribution >= 4 is 27.8 Å². The van der Waals surface area contributed by atoms with Crippen molar-refractivity contribution in [3.8, 4) is 0 Å². The fourth-order valence-electron chi connectivity index (χ4n) is 2.62. The molecule has 1 N–H and O–H groups in total. The summed E-state index contributed by atoms with van der Waals surface area (Å²) in [6, 6.07) is 6.28. The van der Waals surface area contributed by atoms with E-state index >= 15 is 0 Å². The first-order valence-corrected chi connectivity index (χ1v) is 6.16. The van der Waals surface area contributed by atoms with E-state index < -0.39 is 0 Å². The third kappa shape index (κ3) is 1.37. The van der Waals surface area contributed by atoms with Gasteiger partial charge in [0.05, 0.1) is 5.69 Å². The van der Waals surface area contributed by atoms with Gasteiger partial charge in [-0.15, -0.1) is 0 Å². The molecule has 0 atom stereocenters. The summed E-state index contributed by atoms with van der Waals surface area (Å²) in [6.07, 6.45) is 4.47. The minimum Gasteiger partial charge on any atom is -0.317 e. The Bertz CT molecular complexity index is 420.